The van der Waals surface area contributed by atoms with Crippen LogP contribution in [0.5, 0.6) is 0 Å². The molecule has 6 heteroatoms. The van der Waals surface area contributed by atoms with Crippen molar-refractivity contribution in [1.82, 2.24) is 20.1 Å². The molecule has 0 aliphatic rings. The number of nitrogens with zero attached hydrogens (tertiary/aromatic N) is 3. The molecule has 1 heterocycles. The SMILES string of the molecule is CCc1n[nH]c(CN(C)C(CC)C(=O)O)n1. The normalized spacial score (nSPS) is 13.0. The monoisotopic (exact) mass is 226 g/mol. The van der Waals surface area contributed by atoms with E-state index >= 15 is 0 Å². The quantitative estimate of drug-likeness (QED) is 0.744. The number of aryl methyl sites for hydroxylation is 1. The minimum Gasteiger partial charge on any atom is -0.480 e. The lowest BCUT2D eigenvalue weighted by Gasteiger charge is -2.21. The second-order valence-corrected chi connectivity index (χ2v) is 3.73. The molecule has 0 saturated carbocycles. The minimum absolute atomic E-state index is 0.470. The molecule has 0 saturated heterocycles. The number of aromatic amines is 1. The topological polar surface area (TPSA) is 82.1 Å². The number of hydrogen-bond acceptors (Lipinski definition) is 4. The Bertz CT molecular complexity index is 350. The zero-order valence-electron chi connectivity index (χ0n) is 9.90. The van der Waals surface area contributed by atoms with Crippen LogP contribution in [0.4, 0.5) is 0 Å². The number of aliphatic carboxylic acids is 1. The second-order valence-electron chi connectivity index (χ2n) is 3.73. The van der Waals surface area contributed by atoms with Crippen molar-refractivity contribution in [3.05, 3.63) is 11.6 Å². The summed E-state index contributed by atoms with van der Waals surface area (Å²) in [5.74, 6) is 0.658. The summed E-state index contributed by atoms with van der Waals surface area (Å²) in [7, 11) is 1.77. The molecule has 0 bridgehead atoms. The van der Waals surface area contributed by atoms with Gasteiger partial charge in [-0.15, -0.1) is 0 Å². The highest BCUT2D eigenvalue weighted by Gasteiger charge is 2.21. The number of aromatic nitrogens is 3. The van der Waals surface area contributed by atoms with Crippen molar-refractivity contribution in [2.75, 3.05) is 7.05 Å². The largest absolute Gasteiger partial charge is 0.480 e. The van der Waals surface area contributed by atoms with Crippen molar-refractivity contribution in [3.8, 4) is 0 Å². The second kappa shape index (κ2) is 5.60. The summed E-state index contributed by atoms with van der Waals surface area (Å²) in [5.41, 5.74) is 0. The van der Waals surface area contributed by atoms with Crippen LogP contribution in [0.1, 0.15) is 31.9 Å². The Morgan fingerprint density at radius 2 is 2.25 bits per heavy atom. The van der Waals surface area contributed by atoms with E-state index in [9.17, 15) is 4.79 Å². The van der Waals surface area contributed by atoms with E-state index in [4.69, 9.17) is 5.11 Å². The molecule has 0 aromatic carbocycles. The number of hydrogen-bond donors (Lipinski definition) is 2. The maximum Gasteiger partial charge on any atom is 0.320 e. The van der Waals surface area contributed by atoms with Gasteiger partial charge in [0.1, 0.15) is 17.7 Å². The summed E-state index contributed by atoms with van der Waals surface area (Å²) < 4.78 is 0. The van der Waals surface area contributed by atoms with Gasteiger partial charge in [-0.05, 0) is 13.5 Å². The van der Waals surface area contributed by atoms with Crippen LogP contribution in [-0.2, 0) is 17.8 Å². The first kappa shape index (κ1) is 12.6. The summed E-state index contributed by atoms with van der Waals surface area (Å²) in [6.07, 6.45) is 1.34. The molecular formula is C10H18N4O2. The smallest absolute Gasteiger partial charge is 0.320 e. The third kappa shape index (κ3) is 3.03. The fourth-order valence-electron chi connectivity index (χ4n) is 1.58. The molecular weight excluding hydrogens is 208 g/mol. The summed E-state index contributed by atoms with van der Waals surface area (Å²) in [4.78, 5) is 16.9. The van der Waals surface area contributed by atoms with Gasteiger partial charge < -0.3 is 5.11 Å². The standard InChI is InChI=1S/C10H18N4O2/c1-4-7(10(15)16)14(3)6-9-11-8(5-2)12-13-9/h7H,4-6H2,1-3H3,(H,15,16)(H,11,12,13). The molecule has 16 heavy (non-hydrogen) atoms. The van der Waals surface area contributed by atoms with Crippen molar-refractivity contribution in [1.29, 1.82) is 0 Å². The Kier molecular flexibility index (Phi) is 4.42. The van der Waals surface area contributed by atoms with Crippen LogP contribution in [0.25, 0.3) is 0 Å². The Morgan fingerprint density at radius 1 is 1.56 bits per heavy atom. The third-order valence-electron chi connectivity index (χ3n) is 2.50. The molecule has 0 radical (unpaired) electrons. The summed E-state index contributed by atoms with van der Waals surface area (Å²) in [6.45, 7) is 4.30. The Balaban J connectivity index is 2.62. The van der Waals surface area contributed by atoms with Gasteiger partial charge in [0.05, 0.1) is 6.54 Å². The van der Waals surface area contributed by atoms with Crippen LogP contribution in [0.3, 0.4) is 0 Å². The van der Waals surface area contributed by atoms with E-state index in [-0.39, 0.29) is 0 Å². The summed E-state index contributed by atoms with van der Waals surface area (Å²) in [5, 5.41) is 15.8. The number of H-pyrrole nitrogens is 1. The molecule has 90 valence electrons. The molecule has 6 nitrogen and oxygen atoms in total. The number of carboxylic acids is 1. The van der Waals surface area contributed by atoms with E-state index in [0.29, 0.717) is 18.8 Å². The van der Waals surface area contributed by atoms with Crippen molar-refractivity contribution in [2.45, 2.75) is 39.3 Å². The molecule has 0 amide bonds. The van der Waals surface area contributed by atoms with Gasteiger partial charge in [0.15, 0.2) is 0 Å². The maximum atomic E-state index is 10.9. The van der Waals surface area contributed by atoms with E-state index in [1.807, 2.05) is 13.8 Å². The number of rotatable bonds is 6. The van der Waals surface area contributed by atoms with Gasteiger partial charge in [0.2, 0.25) is 0 Å². The van der Waals surface area contributed by atoms with Gasteiger partial charge >= 0.3 is 5.97 Å². The van der Waals surface area contributed by atoms with Crippen molar-refractivity contribution in [3.63, 3.8) is 0 Å². The molecule has 0 fully saturated rings. The van der Waals surface area contributed by atoms with Gasteiger partial charge in [-0.25, -0.2) is 4.98 Å². The van der Waals surface area contributed by atoms with E-state index < -0.39 is 12.0 Å². The highest BCUT2D eigenvalue weighted by Crippen LogP contribution is 2.06. The highest BCUT2D eigenvalue weighted by molar-refractivity contribution is 5.73. The minimum atomic E-state index is -0.805. The van der Waals surface area contributed by atoms with Crippen molar-refractivity contribution < 1.29 is 9.90 Å². The van der Waals surface area contributed by atoms with E-state index in [1.165, 1.54) is 0 Å². The molecule has 1 unspecified atom stereocenters. The Morgan fingerprint density at radius 3 is 2.69 bits per heavy atom. The lowest BCUT2D eigenvalue weighted by molar-refractivity contribution is -0.143. The van der Waals surface area contributed by atoms with E-state index in [2.05, 4.69) is 15.2 Å². The van der Waals surface area contributed by atoms with Crippen LogP contribution in [0.2, 0.25) is 0 Å². The predicted molar refractivity (Wildman–Crippen MR) is 58.9 cm³/mol. The van der Waals surface area contributed by atoms with Crippen molar-refractivity contribution in [2.24, 2.45) is 0 Å². The third-order valence-corrected chi connectivity index (χ3v) is 2.50. The molecule has 0 spiro atoms. The summed E-state index contributed by atoms with van der Waals surface area (Å²) >= 11 is 0. The molecule has 1 aromatic rings. The Labute approximate surface area is 94.7 Å². The zero-order valence-corrected chi connectivity index (χ0v) is 9.90. The highest BCUT2D eigenvalue weighted by atomic mass is 16.4. The van der Waals surface area contributed by atoms with E-state index in [0.717, 1.165) is 12.2 Å². The lowest BCUT2D eigenvalue weighted by atomic mass is 10.2. The van der Waals surface area contributed by atoms with Crippen LogP contribution < -0.4 is 0 Å². The first-order chi connectivity index (χ1) is 7.58. The number of carboxylic acid groups (broad SMARTS) is 1. The molecule has 1 atom stereocenters. The fraction of sp³-hybridized carbons (Fsp3) is 0.700. The number of nitrogens with one attached hydrogen (secondary N) is 1. The molecule has 1 rings (SSSR count). The molecule has 0 aliphatic heterocycles. The van der Waals surface area contributed by atoms with Gasteiger partial charge in [0, 0.05) is 6.42 Å². The van der Waals surface area contributed by atoms with Gasteiger partial charge in [0.25, 0.3) is 0 Å². The Hall–Kier alpha value is -1.43. The average molecular weight is 226 g/mol. The van der Waals surface area contributed by atoms with Crippen LogP contribution in [-0.4, -0.2) is 44.2 Å². The zero-order chi connectivity index (χ0) is 12.1. The molecule has 0 aliphatic carbocycles. The van der Waals surface area contributed by atoms with Crippen LogP contribution in [0.15, 0.2) is 0 Å². The number of carbonyl (C=O) groups is 1. The number of likely N-dealkylation sites (N-methyl/N-ethyl adjacent to an activating group) is 1. The van der Waals surface area contributed by atoms with Crippen molar-refractivity contribution >= 4 is 5.97 Å². The van der Waals surface area contributed by atoms with Crippen LogP contribution >= 0.6 is 0 Å². The van der Waals surface area contributed by atoms with E-state index in [1.54, 1.807) is 11.9 Å². The van der Waals surface area contributed by atoms with Gasteiger partial charge in [-0.2, -0.15) is 5.10 Å². The molecule has 1 aromatic heterocycles. The summed E-state index contributed by atoms with van der Waals surface area (Å²) in [6, 6.07) is -0.477. The first-order valence-electron chi connectivity index (χ1n) is 5.41. The maximum absolute atomic E-state index is 10.9. The predicted octanol–water partition coefficient (Wildman–Crippen LogP) is 0.662. The first-order valence-corrected chi connectivity index (χ1v) is 5.41. The van der Waals surface area contributed by atoms with Crippen LogP contribution in [0, 0.1) is 0 Å². The van der Waals surface area contributed by atoms with Gasteiger partial charge in [-0.3, -0.25) is 14.8 Å². The lowest BCUT2D eigenvalue weighted by Crippen LogP contribution is -2.37. The average Bonchev–Trinajstić information content (AvgIpc) is 2.65. The fourth-order valence-corrected chi connectivity index (χ4v) is 1.58. The molecule has 2 N–H and O–H groups in total. The van der Waals surface area contributed by atoms with Gasteiger partial charge in [-0.1, -0.05) is 13.8 Å².